The second-order valence-corrected chi connectivity index (χ2v) is 6.08. The van der Waals surface area contributed by atoms with Gasteiger partial charge in [0.2, 0.25) is 8.27 Å². The summed E-state index contributed by atoms with van der Waals surface area (Å²) in [5.41, 5.74) is 0. The van der Waals surface area contributed by atoms with Gasteiger partial charge in [-0.05, 0) is 0 Å². The summed E-state index contributed by atoms with van der Waals surface area (Å²) in [4.78, 5) is -1.67. The lowest BCUT2D eigenvalue weighted by Crippen LogP contribution is -2.04. The van der Waals surface area contributed by atoms with Crippen molar-refractivity contribution in [1.82, 2.24) is 0 Å². The molecule has 8 heteroatoms. The number of rotatable bonds is 1. The zero-order chi connectivity index (χ0) is 11.1. The maximum absolute atomic E-state index is 12.7. The first-order valence-electron chi connectivity index (χ1n) is 3.03. The molecule has 1 rings (SSSR count). The summed E-state index contributed by atoms with van der Waals surface area (Å²) in [5.74, 6) is -7.47. The molecule has 78 valence electrons. The van der Waals surface area contributed by atoms with Crippen molar-refractivity contribution >= 4 is 23.1 Å². The largest absolute Gasteiger partial charge is 0.243 e. The van der Waals surface area contributed by atoms with Crippen LogP contribution in [0.15, 0.2) is 11.0 Å². The quantitative estimate of drug-likeness (QED) is 0.452. The maximum atomic E-state index is 12.7. The molecule has 0 aromatic heterocycles. The van der Waals surface area contributed by atoms with Crippen LogP contribution < -0.4 is 0 Å². The highest BCUT2D eigenvalue weighted by molar-refractivity contribution is 9.47. The van der Waals surface area contributed by atoms with E-state index in [4.69, 9.17) is 0 Å². The first-order chi connectivity index (χ1) is 6.25. The monoisotopic (exact) mass is 292 g/mol. The van der Waals surface area contributed by atoms with Gasteiger partial charge in [-0.1, -0.05) is 0 Å². The van der Waals surface area contributed by atoms with E-state index in [9.17, 15) is 26.0 Å². The number of hydrogen-bond acceptors (Lipinski definition) is 2. The molecular weight excluding hydrogens is 292 g/mol. The second kappa shape index (κ2) is 3.50. The fraction of sp³-hybridized carbons (Fsp3) is 0. The van der Waals surface area contributed by atoms with E-state index in [1.807, 2.05) is 14.8 Å². The zero-order valence-electron chi connectivity index (χ0n) is 6.19. The summed E-state index contributed by atoms with van der Waals surface area (Å²) < 4.78 is 71.8. The fourth-order valence-corrected chi connectivity index (χ4v) is 2.24. The van der Waals surface area contributed by atoms with Gasteiger partial charge in [-0.2, -0.15) is 0 Å². The van der Waals surface area contributed by atoms with Gasteiger partial charge >= 0.3 is 0 Å². The average Bonchev–Trinajstić information content (AvgIpc) is 1.98. The molecule has 1 aromatic rings. The predicted octanol–water partition coefficient (Wildman–Crippen LogP) is 2.33. The molecule has 0 fully saturated rings. The topological polar surface area (TPSA) is 34.1 Å². The van der Waals surface area contributed by atoms with Gasteiger partial charge in [-0.25, -0.2) is 26.0 Å². The normalized spacial score (nSPS) is 11.8. The molecule has 0 saturated heterocycles. The minimum atomic E-state index is -4.53. The van der Waals surface area contributed by atoms with Crippen LogP contribution in [0.1, 0.15) is 0 Å². The van der Waals surface area contributed by atoms with Crippen LogP contribution in [0, 0.1) is 23.3 Å². The molecule has 0 atom stereocenters. The van der Waals surface area contributed by atoms with Gasteiger partial charge in [0.1, 0.15) is 0 Å². The van der Waals surface area contributed by atoms with Crippen LogP contribution in [0.2, 0.25) is 0 Å². The predicted molar refractivity (Wildman–Crippen MR) is 42.4 cm³/mol. The molecule has 1 aromatic carbocycles. The molecule has 0 spiro atoms. The van der Waals surface area contributed by atoms with Crippen LogP contribution in [-0.2, 0) is 8.27 Å². The molecule has 2 nitrogen and oxygen atoms in total. The Kier molecular flexibility index (Phi) is 2.86. The standard InChI is InChI=1S/C6HBrF4O2S/c7-14(12,13)6-4(10)2(8)1-3(9)5(6)11/h1H. The molecule has 14 heavy (non-hydrogen) atoms. The third-order valence-electron chi connectivity index (χ3n) is 1.32. The maximum Gasteiger partial charge on any atom is 0.243 e. The third kappa shape index (κ3) is 1.90. The summed E-state index contributed by atoms with van der Waals surface area (Å²) in [6, 6.07) is -0.0770. The molecule has 0 aliphatic carbocycles. The highest BCUT2D eigenvalue weighted by atomic mass is 79.9. The van der Waals surface area contributed by atoms with Gasteiger partial charge in [-0.15, -0.1) is 0 Å². The van der Waals surface area contributed by atoms with E-state index in [-0.39, 0.29) is 6.07 Å². The summed E-state index contributed by atoms with van der Waals surface area (Å²) in [6.07, 6.45) is 0. The fourth-order valence-electron chi connectivity index (χ4n) is 0.765. The van der Waals surface area contributed by atoms with E-state index in [1.54, 1.807) is 0 Å². The first-order valence-corrected chi connectivity index (χ1v) is 6.35. The number of benzene rings is 1. The number of halogens is 5. The minimum Gasteiger partial charge on any atom is -0.212 e. The Morgan fingerprint density at radius 2 is 1.36 bits per heavy atom. The van der Waals surface area contributed by atoms with Crippen molar-refractivity contribution in [3.8, 4) is 0 Å². The van der Waals surface area contributed by atoms with E-state index >= 15 is 0 Å². The van der Waals surface area contributed by atoms with Crippen LogP contribution in [0.3, 0.4) is 0 Å². The van der Waals surface area contributed by atoms with Crippen molar-refractivity contribution in [3.63, 3.8) is 0 Å². The molecule has 0 bridgehead atoms. The van der Waals surface area contributed by atoms with Gasteiger partial charge in [0.05, 0.1) is 14.8 Å². The van der Waals surface area contributed by atoms with E-state index in [0.717, 1.165) is 0 Å². The van der Waals surface area contributed by atoms with Crippen molar-refractivity contribution in [2.24, 2.45) is 0 Å². The molecule has 0 amide bonds. The molecule has 0 heterocycles. The van der Waals surface area contributed by atoms with Gasteiger partial charge in [-0.3, -0.25) is 0 Å². The lowest BCUT2D eigenvalue weighted by molar-refractivity contribution is 0.421. The van der Waals surface area contributed by atoms with Gasteiger partial charge in [0.25, 0.3) is 0 Å². The Morgan fingerprint density at radius 3 is 1.64 bits per heavy atom. The van der Waals surface area contributed by atoms with Crippen LogP contribution >= 0.6 is 14.8 Å². The molecule has 0 saturated carbocycles. The van der Waals surface area contributed by atoms with E-state index in [1.165, 1.54) is 0 Å². The molecule has 0 aliphatic rings. The Hall–Kier alpha value is -0.630. The molecule has 0 N–H and O–H groups in total. The summed E-state index contributed by atoms with van der Waals surface area (Å²) >= 11 is 1.92. The lowest BCUT2D eigenvalue weighted by atomic mass is 10.3. The SMILES string of the molecule is O=S(=O)(Br)c1c(F)c(F)cc(F)c1F. The van der Waals surface area contributed by atoms with Crippen molar-refractivity contribution in [2.45, 2.75) is 4.90 Å². The molecular formula is C6HBrF4O2S. The van der Waals surface area contributed by atoms with Gasteiger partial charge < -0.3 is 0 Å². The Labute approximate surface area is 83.7 Å². The van der Waals surface area contributed by atoms with Crippen molar-refractivity contribution in [3.05, 3.63) is 29.3 Å². The van der Waals surface area contributed by atoms with Crippen LogP contribution in [0.25, 0.3) is 0 Å². The lowest BCUT2D eigenvalue weighted by Gasteiger charge is -2.02. The highest BCUT2D eigenvalue weighted by Gasteiger charge is 2.27. The molecule has 0 unspecified atom stereocenters. The van der Waals surface area contributed by atoms with Gasteiger partial charge in [0.15, 0.2) is 28.2 Å². The Morgan fingerprint density at radius 1 is 1.00 bits per heavy atom. The molecule has 0 aliphatic heterocycles. The van der Waals surface area contributed by atoms with Crippen molar-refractivity contribution in [2.75, 3.05) is 0 Å². The summed E-state index contributed by atoms with van der Waals surface area (Å²) in [7, 11) is -4.53. The smallest absolute Gasteiger partial charge is 0.212 e. The third-order valence-corrected chi connectivity index (χ3v) is 3.13. The summed E-state index contributed by atoms with van der Waals surface area (Å²) in [5, 5.41) is 0. The minimum absolute atomic E-state index is 0.0770. The van der Waals surface area contributed by atoms with Gasteiger partial charge in [0, 0.05) is 6.07 Å². The Bertz CT molecular complexity index is 459. The second-order valence-electron chi connectivity index (χ2n) is 2.24. The van der Waals surface area contributed by atoms with Crippen LogP contribution in [-0.4, -0.2) is 8.42 Å². The van der Waals surface area contributed by atoms with E-state index in [0.29, 0.717) is 0 Å². The van der Waals surface area contributed by atoms with E-state index < -0.39 is 36.4 Å². The van der Waals surface area contributed by atoms with Crippen LogP contribution in [0.4, 0.5) is 17.6 Å². The first kappa shape index (κ1) is 11.4. The van der Waals surface area contributed by atoms with Crippen molar-refractivity contribution < 1.29 is 26.0 Å². The average molecular weight is 293 g/mol. The van der Waals surface area contributed by atoms with Crippen LogP contribution in [0.5, 0.6) is 0 Å². The van der Waals surface area contributed by atoms with Crippen molar-refractivity contribution in [1.29, 1.82) is 0 Å². The Balaban J connectivity index is 3.74. The zero-order valence-corrected chi connectivity index (χ0v) is 8.59. The molecule has 0 radical (unpaired) electrons. The number of hydrogen-bond donors (Lipinski definition) is 0. The highest BCUT2D eigenvalue weighted by Crippen LogP contribution is 2.27. The summed E-state index contributed by atoms with van der Waals surface area (Å²) in [6.45, 7) is 0. The van der Waals surface area contributed by atoms with E-state index in [2.05, 4.69) is 0 Å².